The first kappa shape index (κ1) is 15.2. The van der Waals surface area contributed by atoms with E-state index in [4.69, 9.17) is 0 Å². The summed E-state index contributed by atoms with van der Waals surface area (Å²) in [6.07, 6.45) is 5.36. The summed E-state index contributed by atoms with van der Waals surface area (Å²) in [5.74, 6) is -0.157. The Morgan fingerprint density at radius 1 is 1.12 bits per heavy atom. The zero-order valence-corrected chi connectivity index (χ0v) is 13.9. The predicted molar refractivity (Wildman–Crippen MR) is 97.4 cm³/mol. The largest absolute Gasteiger partial charge is 0.340 e. The van der Waals surface area contributed by atoms with E-state index in [0.717, 1.165) is 37.0 Å². The molecule has 3 aromatic rings. The molecule has 1 aliphatic rings. The number of rotatable bonds is 3. The van der Waals surface area contributed by atoms with Crippen molar-refractivity contribution in [1.82, 2.24) is 9.47 Å². The number of benzene rings is 2. The highest BCUT2D eigenvalue weighted by Crippen LogP contribution is 2.31. The van der Waals surface area contributed by atoms with Crippen LogP contribution in [0.15, 0.2) is 54.6 Å². The van der Waals surface area contributed by atoms with E-state index in [0.29, 0.717) is 0 Å². The number of halogens is 1. The van der Waals surface area contributed by atoms with E-state index in [2.05, 4.69) is 40.8 Å². The summed E-state index contributed by atoms with van der Waals surface area (Å²) >= 11 is 0. The van der Waals surface area contributed by atoms with Crippen molar-refractivity contribution in [2.45, 2.75) is 19.5 Å². The van der Waals surface area contributed by atoms with Crippen LogP contribution in [0, 0.1) is 5.82 Å². The molecule has 0 spiro atoms. The van der Waals surface area contributed by atoms with Gasteiger partial charge in [0.25, 0.3) is 0 Å². The van der Waals surface area contributed by atoms with Crippen LogP contribution in [0.4, 0.5) is 4.39 Å². The van der Waals surface area contributed by atoms with Gasteiger partial charge in [-0.2, -0.15) is 0 Å². The van der Waals surface area contributed by atoms with Gasteiger partial charge in [0.15, 0.2) is 0 Å². The third-order valence-electron chi connectivity index (χ3n) is 4.80. The fraction of sp³-hybridized carbons (Fsp3) is 0.238. The average molecular weight is 320 g/mol. The van der Waals surface area contributed by atoms with Crippen molar-refractivity contribution in [1.29, 1.82) is 0 Å². The maximum atomic E-state index is 13.7. The molecule has 0 bridgehead atoms. The van der Waals surface area contributed by atoms with E-state index < -0.39 is 0 Å². The lowest BCUT2D eigenvalue weighted by atomic mass is 10.1. The van der Waals surface area contributed by atoms with E-state index in [1.165, 1.54) is 16.8 Å². The SMILES string of the molecule is CN1CCc2c(c3cc(F)ccc3n2C/C=C\c2ccccc2)C1. The second kappa shape index (κ2) is 6.25. The second-order valence-corrected chi connectivity index (χ2v) is 6.50. The van der Waals surface area contributed by atoms with Crippen LogP contribution in [0.2, 0.25) is 0 Å². The molecule has 0 amide bonds. The summed E-state index contributed by atoms with van der Waals surface area (Å²) < 4.78 is 16.1. The van der Waals surface area contributed by atoms with E-state index in [1.807, 2.05) is 24.3 Å². The van der Waals surface area contributed by atoms with Crippen molar-refractivity contribution >= 4 is 17.0 Å². The fourth-order valence-corrected chi connectivity index (χ4v) is 3.62. The lowest BCUT2D eigenvalue weighted by molar-refractivity contribution is 0.310. The number of allylic oxidation sites excluding steroid dienone is 1. The van der Waals surface area contributed by atoms with Gasteiger partial charge in [0.1, 0.15) is 5.82 Å². The fourth-order valence-electron chi connectivity index (χ4n) is 3.62. The summed E-state index contributed by atoms with van der Waals surface area (Å²) in [6.45, 7) is 2.76. The topological polar surface area (TPSA) is 8.17 Å². The van der Waals surface area contributed by atoms with Crippen molar-refractivity contribution in [3.63, 3.8) is 0 Å². The Bertz CT molecular complexity index is 893. The Morgan fingerprint density at radius 3 is 2.79 bits per heavy atom. The second-order valence-electron chi connectivity index (χ2n) is 6.50. The lowest BCUT2D eigenvalue weighted by Gasteiger charge is -2.24. The van der Waals surface area contributed by atoms with Gasteiger partial charge < -0.3 is 9.47 Å². The molecule has 3 heteroatoms. The summed E-state index contributed by atoms with van der Waals surface area (Å²) in [5, 5.41) is 1.06. The number of nitrogens with zero attached hydrogens (tertiary/aromatic N) is 2. The van der Waals surface area contributed by atoms with Crippen LogP contribution in [0.1, 0.15) is 16.8 Å². The number of hydrogen-bond donors (Lipinski definition) is 0. The average Bonchev–Trinajstić information content (AvgIpc) is 2.89. The Kier molecular flexibility index (Phi) is 3.95. The minimum absolute atomic E-state index is 0.157. The van der Waals surface area contributed by atoms with Crippen LogP contribution in [-0.2, 0) is 19.5 Å². The van der Waals surface area contributed by atoms with Crippen LogP contribution < -0.4 is 0 Å². The number of likely N-dealkylation sites (N-methyl/N-ethyl adjacent to an activating group) is 1. The molecule has 4 rings (SSSR count). The van der Waals surface area contributed by atoms with Gasteiger partial charge in [-0.25, -0.2) is 4.39 Å². The smallest absolute Gasteiger partial charge is 0.123 e. The van der Waals surface area contributed by atoms with Crippen LogP contribution >= 0.6 is 0 Å². The number of aromatic nitrogens is 1. The van der Waals surface area contributed by atoms with Crippen molar-refractivity contribution in [2.24, 2.45) is 0 Å². The van der Waals surface area contributed by atoms with Crippen LogP contribution in [0.25, 0.3) is 17.0 Å². The highest BCUT2D eigenvalue weighted by Gasteiger charge is 2.22. The van der Waals surface area contributed by atoms with Gasteiger partial charge in [-0.1, -0.05) is 42.5 Å². The van der Waals surface area contributed by atoms with Crippen molar-refractivity contribution < 1.29 is 4.39 Å². The molecule has 0 fully saturated rings. The van der Waals surface area contributed by atoms with Gasteiger partial charge in [-0.3, -0.25) is 0 Å². The first-order valence-corrected chi connectivity index (χ1v) is 8.42. The molecule has 0 saturated heterocycles. The molecule has 1 aliphatic heterocycles. The molecular weight excluding hydrogens is 299 g/mol. The van der Waals surface area contributed by atoms with E-state index in [9.17, 15) is 4.39 Å². The van der Waals surface area contributed by atoms with E-state index >= 15 is 0 Å². The first-order chi connectivity index (χ1) is 11.7. The van der Waals surface area contributed by atoms with Gasteiger partial charge in [0, 0.05) is 42.7 Å². The third-order valence-corrected chi connectivity index (χ3v) is 4.80. The molecule has 0 N–H and O–H groups in total. The molecule has 122 valence electrons. The Morgan fingerprint density at radius 2 is 1.96 bits per heavy atom. The minimum atomic E-state index is -0.157. The van der Waals surface area contributed by atoms with Gasteiger partial charge in [0.2, 0.25) is 0 Å². The maximum absolute atomic E-state index is 13.7. The predicted octanol–water partition coefficient (Wildman–Crippen LogP) is 4.48. The monoisotopic (exact) mass is 320 g/mol. The third kappa shape index (κ3) is 2.76. The zero-order chi connectivity index (χ0) is 16.5. The van der Waals surface area contributed by atoms with Crippen LogP contribution in [0.3, 0.4) is 0 Å². The van der Waals surface area contributed by atoms with Gasteiger partial charge >= 0.3 is 0 Å². The Balaban J connectivity index is 1.73. The summed E-state index contributed by atoms with van der Waals surface area (Å²) in [4.78, 5) is 2.30. The van der Waals surface area contributed by atoms with Crippen molar-refractivity contribution in [3.05, 3.63) is 77.2 Å². The zero-order valence-electron chi connectivity index (χ0n) is 13.9. The Hall–Kier alpha value is -2.39. The number of fused-ring (bicyclic) bond motifs is 3. The Labute approximate surface area is 141 Å². The van der Waals surface area contributed by atoms with Crippen molar-refractivity contribution in [3.8, 4) is 0 Å². The highest BCUT2D eigenvalue weighted by molar-refractivity contribution is 5.86. The molecule has 2 heterocycles. The summed E-state index contributed by atoms with van der Waals surface area (Å²) in [6, 6.07) is 15.5. The first-order valence-electron chi connectivity index (χ1n) is 8.42. The summed E-state index contributed by atoms with van der Waals surface area (Å²) in [7, 11) is 2.13. The van der Waals surface area contributed by atoms with E-state index in [1.54, 1.807) is 12.1 Å². The molecule has 0 radical (unpaired) electrons. The molecule has 24 heavy (non-hydrogen) atoms. The molecule has 0 aliphatic carbocycles. The normalized spacial score (nSPS) is 15.2. The molecule has 2 nitrogen and oxygen atoms in total. The summed E-state index contributed by atoms with van der Waals surface area (Å²) in [5.41, 5.74) is 4.97. The molecule has 0 saturated carbocycles. The molecule has 0 atom stereocenters. The molecule has 2 aromatic carbocycles. The molecular formula is C21H21FN2. The lowest BCUT2D eigenvalue weighted by Crippen LogP contribution is -2.27. The minimum Gasteiger partial charge on any atom is -0.340 e. The maximum Gasteiger partial charge on any atom is 0.123 e. The standard InChI is InChI=1S/C21H21FN2/c1-23-13-11-21-19(15-23)18-14-17(22)9-10-20(18)24(21)12-5-8-16-6-3-2-4-7-16/h2-10,14H,11-13,15H2,1H3/b8-5-. The van der Waals surface area contributed by atoms with E-state index in [-0.39, 0.29) is 5.82 Å². The number of hydrogen-bond acceptors (Lipinski definition) is 1. The quantitative estimate of drug-likeness (QED) is 0.691. The molecule has 0 unspecified atom stereocenters. The highest BCUT2D eigenvalue weighted by atomic mass is 19.1. The van der Waals surface area contributed by atoms with Gasteiger partial charge in [0.05, 0.1) is 0 Å². The van der Waals surface area contributed by atoms with Crippen LogP contribution in [0.5, 0.6) is 0 Å². The molecule has 1 aromatic heterocycles. The van der Waals surface area contributed by atoms with Gasteiger partial charge in [-0.05, 0) is 36.4 Å². The van der Waals surface area contributed by atoms with Crippen molar-refractivity contribution in [2.75, 3.05) is 13.6 Å². The van der Waals surface area contributed by atoms with Gasteiger partial charge in [-0.15, -0.1) is 0 Å². The van der Waals surface area contributed by atoms with Crippen LogP contribution in [-0.4, -0.2) is 23.1 Å².